The number of para-hydroxylation sites is 2. The van der Waals surface area contributed by atoms with Crippen LogP contribution in [0, 0.1) is 5.92 Å². The van der Waals surface area contributed by atoms with Gasteiger partial charge in [-0.3, -0.25) is 9.59 Å². The lowest BCUT2D eigenvalue weighted by Crippen LogP contribution is -2.28. The van der Waals surface area contributed by atoms with E-state index in [1.165, 1.54) is 42.3 Å². The van der Waals surface area contributed by atoms with E-state index in [0.29, 0.717) is 0 Å². The average Bonchev–Trinajstić information content (AvgIpc) is 3.62. The van der Waals surface area contributed by atoms with E-state index < -0.39 is 5.92 Å². The monoisotopic (exact) mass is 678 g/mol. The Balaban J connectivity index is 1.09. The van der Waals surface area contributed by atoms with Crippen molar-refractivity contribution in [1.29, 1.82) is 0 Å². The summed E-state index contributed by atoms with van der Waals surface area (Å²) < 4.78 is -0.0725. The van der Waals surface area contributed by atoms with Gasteiger partial charge in [0.1, 0.15) is 5.92 Å². The van der Waals surface area contributed by atoms with Gasteiger partial charge in [-0.2, -0.15) is 0 Å². The number of thioether (sulfide) groups is 2. The zero-order valence-corrected chi connectivity index (χ0v) is 29.0. The normalized spacial score (nSPS) is 15.7. The summed E-state index contributed by atoms with van der Waals surface area (Å²) in [6, 6.07) is 29.6. The summed E-state index contributed by atoms with van der Waals surface area (Å²) in [7, 11) is 0. The number of allylic oxidation sites excluding steroid dienone is 2. The molecule has 3 aliphatic rings. The van der Waals surface area contributed by atoms with Crippen molar-refractivity contribution in [2.75, 3.05) is 34.4 Å². The predicted molar refractivity (Wildman–Crippen MR) is 200 cm³/mol. The molecule has 4 aromatic rings. The minimum Gasteiger partial charge on any atom is -0.340 e. The molecule has 0 unspecified atom stereocenters. The van der Waals surface area contributed by atoms with Crippen LogP contribution in [0.4, 0.5) is 22.7 Å². The van der Waals surface area contributed by atoms with Gasteiger partial charge in [-0.1, -0.05) is 72.1 Å². The molecular weight excluding hydrogens is 645 g/mol. The predicted octanol–water partition coefficient (Wildman–Crippen LogP) is 10.2. The van der Waals surface area contributed by atoms with Crippen molar-refractivity contribution in [1.82, 2.24) is 0 Å². The van der Waals surface area contributed by atoms with Crippen LogP contribution in [0.3, 0.4) is 0 Å². The lowest BCUT2D eigenvalue weighted by Gasteiger charge is -2.32. The molecule has 0 saturated carbocycles. The minimum absolute atomic E-state index is 0.0725. The first-order valence-electron chi connectivity index (χ1n) is 15.6. The smallest absolute Gasteiger partial charge is 0.168 e. The summed E-state index contributed by atoms with van der Waals surface area (Å²) in [6.45, 7) is 6.08. The number of fused-ring (bicyclic) bond motifs is 4. The van der Waals surface area contributed by atoms with Crippen LogP contribution < -0.4 is 9.80 Å². The van der Waals surface area contributed by atoms with Gasteiger partial charge >= 0.3 is 0 Å². The van der Waals surface area contributed by atoms with E-state index in [9.17, 15) is 9.59 Å². The Morgan fingerprint density at radius 1 is 0.652 bits per heavy atom. The van der Waals surface area contributed by atoms with Gasteiger partial charge in [0.25, 0.3) is 0 Å². The molecule has 0 aliphatic carbocycles. The van der Waals surface area contributed by atoms with Crippen molar-refractivity contribution in [3.63, 3.8) is 0 Å². The highest BCUT2D eigenvalue weighted by Gasteiger charge is 2.35. The first-order valence-corrected chi connectivity index (χ1v) is 19.3. The van der Waals surface area contributed by atoms with Crippen LogP contribution in [0.2, 0.25) is 0 Å². The summed E-state index contributed by atoms with van der Waals surface area (Å²) in [5.74, 6) is 0.921. The molecule has 8 heteroatoms. The lowest BCUT2D eigenvalue weighted by molar-refractivity contribution is -0.126. The fourth-order valence-corrected chi connectivity index (χ4v) is 11.5. The van der Waals surface area contributed by atoms with Crippen LogP contribution in [-0.2, 0) is 9.59 Å². The fraction of sp³-hybridized carbons (Fsp3) is 0.211. The Hall–Kier alpha value is -3.30. The van der Waals surface area contributed by atoms with Gasteiger partial charge in [0, 0.05) is 44.2 Å². The molecule has 7 rings (SSSR count). The Morgan fingerprint density at radius 3 is 1.54 bits per heavy atom. The van der Waals surface area contributed by atoms with Crippen molar-refractivity contribution in [3.05, 3.63) is 108 Å². The fourth-order valence-electron chi connectivity index (χ4n) is 6.13. The largest absolute Gasteiger partial charge is 0.340 e. The number of benzene rings is 4. The van der Waals surface area contributed by atoms with E-state index in [1.807, 2.05) is 12.2 Å². The van der Waals surface area contributed by atoms with Gasteiger partial charge in [-0.15, -0.1) is 23.5 Å². The Kier molecular flexibility index (Phi) is 9.41. The molecule has 0 amide bonds. The van der Waals surface area contributed by atoms with E-state index in [-0.39, 0.29) is 16.1 Å². The van der Waals surface area contributed by atoms with E-state index in [4.69, 9.17) is 0 Å². The molecule has 4 aromatic carbocycles. The van der Waals surface area contributed by atoms with E-state index in [1.54, 1.807) is 59.2 Å². The highest BCUT2D eigenvalue weighted by Crippen LogP contribution is 2.49. The molecule has 3 heterocycles. The second kappa shape index (κ2) is 13.8. The van der Waals surface area contributed by atoms with Gasteiger partial charge in [0.2, 0.25) is 0 Å². The van der Waals surface area contributed by atoms with Crippen molar-refractivity contribution < 1.29 is 9.59 Å². The summed E-state index contributed by atoms with van der Waals surface area (Å²) in [6.07, 6.45) is 6.96. The van der Waals surface area contributed by atoms with Crippen LogP contribution in [0.1, 0.15) is 25.0 Å². The molecule has 1 fully saturated rings. The quantitative estimate of drug-likeness (QED) is 0.128. The maximum Gasteiger partial charge on any atom is 0.168 e. The summed E-state index contributed by atoms with van der Waals surface area (Å²) in [4.78, 5) is 36.8. The molecule has 0 N–H and O–H groups in total. The highest BCUT2D eigenvalue weighted by atomic mass is 32.2. The van der Waals surface area contributed by atoms with Gasteiger partial charge in [0.15, 0.2) is 11.6 Å². The highest BCUT2D eigenvalue weighted by molar-refractivity contribution is 8.20. The number of nitrogens with zero attached hydrogens (tertiary/aromatic N) is 2. The van der Waals surface area contributed by atoms with E-state index in [2.05, 4.69) is 109 Å². The third-order valence-electron chi connectivity index (χ3n) is 8.35. The molecule has 46 heavy (non-hydrogen) atoms. The minimum atomic E-state index is -0.714. The molecule has 1 saturated heterocycles. The van der Waals surface area contributed by atoms with Crippen LogP contribution in [0.5, 0.6) is 0 Å². The van der Waals surface area contributed by atoms with E-state index in [0.717, 1.165) is 35.7 Å². The van der Waals surface area contributed by atoms with Crippen LogP contribution in [0.15, 0.2) is 117 Å². The molecule has 232 valence electrons. The molecule has 0 spiro atoms. The number of ketones is 2. The van der Waals surface area contributed by atoms with Crippen molar-refractivity contribution >= 4 is 93.5 Å². The summed E-state index contributed by atoms with van der Waals surface area (Å²) in [5.41, 5.74) is 6.72. The van der Waals surface area contributed by atoms with Gasteiger partial charge in [-0.05, 0) is 85.7 Å². The van der Waals surface area contributed by atoms with Crippen LogP contribution >= 0.6 is 47.0 Å². The maximum absolute atomic E-state index is 13.7. The zero-order valence-electron chi connectivity index (χ0n) is 25.7. The van der Waals surface area contributed by atoms with Gasteiger partial charge in [0.05, 0.1) is 27.3 Å². The third kappa shape index (κ3) is 6.20. The number of anilines is 4. The summed E-state index contributed by atoms with van der Waals surface area (Å²) in [5, 5.41) is 0. The second-order valence-corrected chi connectivity index (χ2v) is 16.1. The molecule has 0 bridgehead atoms. The van der Waals surface area contributed by atoms with Gasteiger partial charge < -0.3 is 9.80 Å². The maximum atomic E-state index is 13.7. The molecule has 0 aromatic heterocycles. The first kappa shape index (κ1) is 31.3. The topological polar surface area (TPSA) is 40.6 Å². The molecule has 4 nitrogen and oxygen atoms in total. The average molecular weight is 679 g/mol. The third-order valence-corrected chi connectivity index (χ3v) is 13.7. The Morgan fingerprint density at radius 2 is 1.09 bits per heavy atom. The number of carbonyl (C=O) groups is 2. The Labute approximate surface area is 288 Å². The molecule has 0 radical (unpaired) electrons. The number of hydrogen-bond donors (Lipinski definition) is 0. The molecule has 0 atom stereocenters. The molecule has 3 aliphatic heterocycles. The van der Waals surface area contributed by atoms with Crippen molar-refractivity contribution in [2.24, 2.45) is 5.92 Å². The van der Waals surface area contributed by atoms with Crippen LogP contribution in [0.25, 0.3) is 12.2 Å². The van der Waals surface area contributed by atoms with E-state index >= 15 is 0 Å². The SMILES string of the molecule is CCN1c2ccccc2Sc2cc(/C=C/C(=O)C(C(=O)/C=C/c3ccc4c(c3)Sc3ccccc3N4CC)C3SCCS3)ccc21. The lowest BCUT2D eigenvalue weighted by atomic mass is 9.98. The molecular formula is C38H34N2O2S4. The second-order valence-electron chi connectivity index (χ2n) is 11.1. The zero-order chi connectivity index (χ0) is 31.6. The van der Waals surface area contributed by atoms with Crippen molar-refractivity contribution in [2.45, 2.75) is 38.0 Å². The van der Waals surface area contributed by atoms with Crippen LogP contribution in [-0.4, -0.2) is 40.7 Å². The standard InChI is InChI=1S/C38H34N2O2S4/c1-3-39-27-9-5-7-11-33(27)45-35-23-25(13-17-29(35)39)15-19-31(41)37(38-43-21-22-44-38)32(42)20-16-26-14-18-30-36(24-26)46-34-12-8-6-10-28(34)40(30)4-2/h5-20,23-24,37-38H,3-4,21-22H2,1-2H3/b19-15+,20-16+. The summed E-state index contributed by atoms with van der Waals surface area (Å²) >= 11 is 6.95. The number of hydrogen-bond acceptors (Lipinski definition) is 8. The first-order chi connectivity index (χ1) is 22.5. The number of rotatable bonds is 9. The van der Waals surface area contributed by atoms with Gasteiger partial charge in [-0.25, -0.2) is 0 Å². The number of carbonyl (C=O) groups excluding carboxylic acids is 2. The van der Waals surface area contributed by atoms with Crippen molar-refractivity contribution in [3.8, 4) is 0 Å². The Bertz CT molecular complexity index is 1740.